The summed E-state index contributed by atoms with van der Waals surface area (Å²) in [4.78, 5) is 11.5. The van der Waals surface area contributed by atoms with Crippen LogP contribution in [0, 0.1) is 0 Å². The highest BCUT2D eigenvalue weighted by Crippen LogP contribution is 2.32. The number of rotatable bonds is 7. The molecule has 0 heterocycles. The number of carbonyl (C=O) groups is 1. The summed E-state index contributed by atoms with van der Waals surface area (Å²) in [5, 5.41) is 0. The van der Waals surface area contributed by atoms with Gasteiger partial charge in [0.15, 0.2) is 0 Å². The van der Waals surface area contributed by atoms with E-state index in [4.69, 9.17) is 14.0 Å². The molecule has 0 aromatic carbocycles. The minimum atomic E-state index is -3.99. The SMILES string of the molecule is CC1(OC(=O)CCOCCS(=O)(=O)O)CCCC1. The van der Waals surface area contributed by atoms with E-state index in [1.165, 1.54) is 0 Å². The molecule has 1 rings (SSSR count). The van der Waals surface area contributed by atoms with Gasteiger partial charge in [-0.2, -0.15) is 8.42 Å². The van der Waals surface area contributed by atoms with E-state index in [-0.39, 0.29) is 31.2 Å². The van der Waals surface area contributed by atoms with Crippen molar-refractivity contribution in [2.24, 2.45) is 0 Å². The zero-order valence-corrected chi connectivity index (χ0v) is 11.4. The standard InChI is InChI=1S/C11H20O6S/c1-11(5-2-3-6-11)17-10(12)4-7-16-8-9-18(13,14)15/h2-9H2,1H3,(H,13,14,15). The Kier molecular flexibility index (Phi) is 5.55. The highest BCUT2D eigenvalue weighted by atomic mass is 32.2. The Morgan fingerprint density at radius 2 is 1.89 bits per heavy atom. The summed E-state index contributed by atoms with van der Waals surface area (Å²) in [5.74, 6) is -0.786. The van der Waals surface area contributed by atoms with Crippen molar-refractivity contribution in [2.45, 2.75) is 44.6 Å². The van der Waals surface area contributed by atoms with Crippen LogP contribution in [0.3, 0.4) is 0 Å². The van der Waals surface area contributed by atoms with Crippen LogP contribution >= 0.6 is 0 Å². The summed E-state index contributed by atoms with van der Waals surface area (Å²) >= 11 is 0. The van der Waals surface area contributed by atoms with Gasteiger partial charge in [0.05, 0.1) is 25.4 Å². The van der Waals surface area contributed by atoms with Crippen LogP contribution in [0.15, 0.2) is 0 Å². The molecule has 1 N–H and O–H groups in total. The molecule has 1 saturated carbocycles. The first-order valence-electron chi connectivity index (χ1n) is 6.05. The number of hydrogen-bond donors (Lipinski definition) is 1. The summed E-state index contributed by atoms with van der Waals surface area (Å²) in [6.07, 6.45) is 4.04. The van der Waals surface area contributed by atoms with Gasteiger partial charge in [-0.25, -0.2) is 0 Å². The molecule has 0 amide bonds. The van der Waals surface area contributed by atoms with Crippen LogP contribution < -0.4 is 0 Å². The van der Waals surface area contributed by atoms with Crippen LogP contribution in [0.5, 0.6) is 0 Å². The van der Waals surface area contributed by atoms with Crippen molar-refractivity contribution < 1.29 is 27.2 Å². The summed E-state index contributed by atoms with van der Waals surface area (Å²) < 4.78 is 39.5. The summed E-state index contributed by atoms with van der Waals surface area (Å²) in [6, 6.07) is 0. The van der Waals surface area contributed by atoms with Gasteiger partial charge in [-0.15, -0.1) is 0 Å². The third-order valence-electron chi connectivity index (χ3n) is 2.96. The quantitative estimate of drug-likeness (QED) is 0.427. The van der Waals surface area contributed by atoms with Gasteiger partial charge in [-0.05, 0) is 32.6 Å². The van der Waals surface area contributed by atoms with Crippen molar-refractivity contribution in [1.29, 1.82) is 0 Å². The van der Waals surface area contributed by atoms with Gasteiger partial charge in [0, 0.05) is 0 Å². The lowest BCUT2D eigenvalue weighted by Crippen LogP contribution is -2.28. The van der Waals surface area contributed by atoms with Crippen LogP contribution in [0.25, 0.3) is 0 Å². The van der Waals surface area contributed by atoms with Crippen molar-refractivity contribution in [2.75, 3.05) is 19.0 Å². The highest BCUT2D eigenvalue weighted by Gasteiger charge is 2.32. The van der Waals surface area contributed by atoms with Gasteiger partial charge >= 0.3 is 5.97 Å². The van der Waals surface area contributed by atoms with Crippen LogP contribution in [0.4, 0.5) is 0 Å². The summed E-state index contributed by atoms with van der Waals surface area (Å²) in [6.45, 7) is 1.91. The van der Waals surface area contributed by atoms with Gasteiger partial charge in [0.1, 0.15) is 5.60 Å². The Morgan fingerprint density at radius 3 is 2.44 bits per heavy atom. The van der Waals surface area contributed by atoms with Crippen LogP contribution in [0.1, 0.15) is 39.0 Å². The van der Waals surface area contributed by atoms with Crippen LogP contribution in [0.2, 0.25) is 0 Å². The molecule has 0 saturated heterocycles. The van der Waals surface area contributed by atoms with Gasteiger partial charge < -0.3 is 9.47 Å². The fraction of sp³-hybridized carbons (Fsp3) is 0.909. The Labute approximate surface area is 107 Å². The average molecular weight is 280 g/mol. The average Bonchev–Trinajstić information content (AvgIpc) is 2.62. The molecule has 1 fully saturated rings. The van der Waals surface area contributed by atoms with Crippen LogP contribution in [-0.2, 0) is 24.4 Å². The van der Waals surface area contributed by atoms with E-state index in [9.17, 15) is 13.2 Å². The molecular formula is C11H20O6S. The van der Waals surface area contributed by atoms with Crippen molar-refractivity contribution in [1.82, 2.24) is 0 Å². The number of ether oxygens (including phenoxy) is 2. The smallest absolute Gasteiger partial charge is 0.308 e. The third-order valence-corrected chi connectivity index (χ3v) is 3.64. The Bertz CT molecular complexity index is 369. The molecule has 1 aliphatic carbocycles. The zero-order valence-electron chi connectivity index (χ0n) is 10.6. The molecule has 18 heavy (non-hydrogen) atoms. The molecule has 0 aliphatic heterocycles. The van der Waals surface area contributed by atoms with E-state index >= 15 is 0 Å². The molecule has 0 radical (unpaired) electrons. The lowest BCUT2D eigenvalue weighted by molar-refractivity contribution is -0.158. The summed E-state index contributed by atoms with van der Waals surface area (Å²) in [5.41, 5.74) is -0.342. The second kappa shape index (κ2) is 6.49. The first-order chi connectivity index (χ1) is 8.31. The number of esters is 1. The maximum atomic E-state index is 11.5. The number of carbonyl (C=O) groups excluding carboxylic acids is 1. The fourth-order valence-electron chi connectivity index (χ4n) is 1.97. The molecule has 0 unspecified atom stereocenters. The van der Waals surface area contributed by atoms with E-state index in [2.05, 4.69) is 0 Å². The molecule has 0 bridgehead atoms. The van der Waals surface area contributed by atoms with Crippen molar-refractivity contribution in [3.8, 4) is 0 Å². The first-order valence-corrected chi connectivity index (χ1v) is 7.66. The lowest BCUT2D eigenvalue weighted by Gasteiger charge is -2.23. The molecule has 106 valence electrons. The largest absolute Gasteiger partial charge is 0.459 e. The van der Waals surface area contributed by atoms with E-state index in [1.54, 1.807) is 0 Å². The van der Waals surface area contributed by atoms with Crippen molar-refractivity contribution in [3.05, 3.63) is 0 Å². The molecule has 6 nitrogen and oxygen atoms in total. The maximum Gasteiger partial charge on any atom is 0.308 e. The van der Waals surface area contributed by atoms with Gasteiger partial charge in [-0.1, -0.05) is 0 Å². The fourth-order valence-corrected chi connectivity index (χ4v) is 2.30. The van der Waals surface area contributed by atoms with Gasteiger partial charge in [0.2, 0.25) is 0 Å². The highest BCUT2D eigenvalue weighted by molar-refractivity contribution is 7.85. The van der Waals surface area contributed by atoms with E-state index in [0.717, 1.165) is 25.7 Å². The maximum absolute atomic E-state index is 11.5. The first kappa shape index (κ1) is 15.4. The van der Waals surface area contributed by atoms with Crippen molar-refractivity contribution in [3.63, 3.8) is 0 Å². The normalized spacial score (nSPS) is 18.8. The molecular weight excluding hydrogens is 260 g/mol. The molecule has 1 aliphatic rings. The van der Waals surface area contributed by atoms with Gasteiger partial charge in [0.25, 0.3) is 10.1 Å². The minimum absolute atomic E-state index is 0.0983. The Balaban J connectivity index is 2.10. The topological polar surface area (TPSA) is 89.9 Å². The second-order valence-corrected chi connectivity index (χ2v) is 6.35. The van der Waals surface area contributed by atoms with Crippen LogP contribution in [-0.4, -0.2) is 43.5 Å². The predicted molar refractivity (Wildman–Crippen MR) is 64.8 cm³/mol. The Morgan fingerprint density at radius 1 is 1.28 bits per heavy atom. The molecule has 0 aromatic rings. The molecule has 0 aromatic heterocycles. The van der Waals surface area contributed by atoms with E-state index in [0.29, 0.717) is 0 Å². The zero-order chi connectivity index (χ0) is 13.6. The monoisotopic (exact) mass is 280 g/mol. The Hall–Kier alpha value is -0.660. The van der Waals surface area contributed by atoms with Gasteiger partial charge in [-0.3, -0.25) is 9.35 Å². The van der Waals surface area contributed by atoms with Crippen molar-refractivity contribution >= 4 is 16.1 Å². The predicted octanol–water partition coefficient (Wildman–Crippen LogP) is 1.16. The minimum Gasteiger partial charge on any atom is -0.459 e. The summed E-state index contributed by atoms with van der Waals surface area (Å²) in [7, 11) is -3.99. The lowest BCUT2D eigenvalue weighted by atomic mass is 10.1. The molecule has 0 atom stereocenters. The van der Waals surface area contributed by atoms with E-state index in [1.807, 2.05) is 6.92 Å². The van der Waals surface area contributed by atoms with E-state index < -0.39 is 15.9 Å². The number of hydrogen-bond acceptors (Lipinski definition) is 5. The third kappa shape index (κ3) is 6.32. The second-order valence-electron chi connectivity index (χ2n) is 4.78. The molecule has 7 heteroatoms. The molecule has 0 spiro atoms.